The van der Waals surface area contributed by atoms with Gasteiger partial charge in [-0.25, -0.2) is 10.4 Å². The Bertz CT molecular complexity index is 754. The maximum Gasteiger partial charge on any atom is 0.150 e. The summed E-state index contributed by atoms with van der Waals surface area (Å²) >= 11 is 0. The van der Waals surface area contributed by atoms with Crippen molar-refractivity contribution in [1.29, 1.82) is 0 Å². The maximum atomic E-state index is 5.62. The molecule has 1 fully saturated rings. The van der Waals surface area contributed by atoms with Crippen LogP contribution in [0.5, 0.6) is 0 Å². The minimum absolute atomic E-state index is 0.0957. The molecule has 0 saturated carbocycles. The van der Waals surface area contributed by atoms with E-state index in [1.807, 2.05) is 12.4 Å². The SMILES string of the molecule is CCC1=NOC(Cn2cnc(-c3ccccc3)c2C2CC(C)NN2)C1. The van der Waals surface area contributed by atoms with Gasteiger partial charge in [0.25, 0.3) is 0 Å². The molecule has 132 valence electrons. The van der Waals surface area contributed by atoms with E-state index < -0.39 is 0 Å². The summed E-state index contributed by atoms with van der Waals surface area (Å²) in [5.41, 5.74) is 11.3. The van der Waals surface area contributed by atoms with E-state index in [-0.39, 0.29) is 12.1 Å². The van der Waals surface area contributed by atoms with E-state index in [2.05, 4.69) is 58.7 Å². The first-order valence-electron chi connectivity index (χ1n) is 9.07. The second-order valence-electron chi connectivity index (χ2n) is 6.92. The maximum absolute atomic E-state index is 5.62. The molecule has 0 bridgehead atoms. The van der Waals surface area contributed by atoms with Gasteiger partial charge < -0.3 is 9.40 Å². The van der Waals surface area contributed by atoms with Crippen molar-refractivity contribution in [2.24, 2.45) is 5.16 Å². The summed E-state index contributed by atoms with van der Waals surface area (Å²) < 4.78 is 2.23. The van der Waals surface area contributed by atoms with Crippen LogP contribution in [0.3, 0.4) is 0 Å². The number of aromatic nitrogens is 2. The van der Waals surface area contributed by atoms with E-state index >= 15 is 0 Å². The van der Waals surface area contributed by atoms with Crippen LogP contribution >= 0.6 is 0 Å². The predicted molar refractivity (Wildman–Crippen MR) is 98.0 cm³/mol. The zero-order valence-corrected chi connectivity index (χ0v) is 14.8. The van der Waals surface area contributed by atoms with Crippen LogP contribution < -0.4 is 10.9 Å². The van der Waals surface area contributed by atoms with Crippen molar-refractivity contribution >= 4 is 5.71 Å². The Morgan fingerprint density at radius 1 is 1.24 bits per heavy atom. The predicted octanol–water partition coefficient (Wildman–Crippen LogP) is 3.03. The fourth-order valence-electron chi connectivity index (χ4n) is 3.63. The molecule has 25 heavy (non-hydrogen) atoms. The molecule has 2 N–H and O–H groups in total. The van der Waals surface area contributed by atoms with Crippen LogP contribution in [0, 0.1) is 0 Å². The van der Waals surface area contributed by atoms with E-state index in [0.29, 0.717) is 6.04 Å². The largest absolute Gasteiger partial charge is 0.390 e. The van der Waals surface area contributed by atoms with Gasteiger partial charge in [-0.3, -0.25) is 5.43 Å². The highest BCUT2D eigenvalue weighted by Gasteiger charge is 2.30. The molecule has 0 amide bonds. The molecule has 0 spiro atoms. The second-order valence-corrected chi connectivity index (χ2v) is 6.92. The van der Waals surface area contributed by atoms with Crippen molar-refractivity contribution < 1.29 is 4.84 Å². The van der Waals surface area contributed by atoms with E-state index in [1.165, 1.54) is 5.69 Å². The van der Waals surface area contributed by atoms with Gasteiger partial charge in [-0.05, 0) is 19.8 Å². The summed E-state index contributed by atoms with van der Waals surface area (Å²) in [7, 11) is 0. The van der Waals surface area contributed by atoms with Gasteiger partial charge in [0.2, 0.25) is 0 Å². The molecule has 0 aliphatic carbocycles. The normalized spacial score (nSPS) is 25.8. The van der Waals surface area contributed by atoms with Crippen molar-refractivity contribution in [1.82, 2.24) is 20.4 Å². The zero-order chi connectivity index (χ0) is 17.2. The first kappa shape index (κ1) is 16.3. The molecular formula is C19H25N5O. The summed E-state index contributed by atoms with van der Waals surface area (Å²) in [4.78, 5) is 10.4. The number of hydrazine groups is 1. The molecule has 1 aromatic carbocycles. The molecule has 1 aromatic heterocycles. The summed E-state index contributed by atoms with van der Waals surface area (Å²) in [5.74, 6) is 0. The van der Waals surface area contributed by atoms with Crippen molar-refractivity contribution in [3.05, 3.63) is 42.4 Å². The van der Waals surface area contributed by atoms with Crippen molar-refractivity contribution in [2.45, 2.75) is 57.8 Å². The van der Waals surface area contributed by atoms with Crippen molar-refractivity contribution in [2.75, 3.05) is 0 Å². The van der Waals surface area contributed by atoms with E-state index in [9.17, 15) is 0 Å². The van der Waals surface area contributed by atoms with Crippen LogP contribution in [0.25, 0.3) is 11.3 Å². The van der Waals surface area contributed by atoms with Gasteiger partial charge in [0.05, 0.1) is 36.0 Å². The lowest BCUT2D eigenvalue weighted by Crippen LogP contribution is -2.30. The van der Waals surface area contributed by atoms with Gasteiger partial charge in [0.15, 0.2) is 6.10 Å². The lowest BCUT2D eigenvalue weighted by Gasteiger charge is -2.18. The van der Waals surface area contributed by atoms with Gasteiger partial charge in [0.1, 0.15) is 0 Å². The fraction of sp³-hybridized carbons (Fsp3) is 0.474. The van der Waals surface area contributed by atoms with Crippen molar-refractivity contribution in [3.63, 3.8) is 0 Å². The number of imidazole rings is 1. The second kappa shape index (κ2) is 6.98. The minimum Gasteiger partial charge on any atom is -0.390 e. The molecule has 3 heterocycles. The average Bonchev–Trinajstić information content (AvgIpc) is 3.36. The number of hydrogen-bond donors (Lipinski definition) is 2. The highest BCUT2D eigenvalue weighted by Crippen LogP contribution is 2.32. The number of benzene rings is 1. The monoisotopic (exact) mass is 339 g/mol. The molecule has 6 heteroatoms. The molecule has 2 aliphatic heterocycles. The van der Waals surface area contributed by atoms with Crippen LogP contribution in [0.2, 0.25) is 0 Å². The Hall–Kier alpha value is -2.18. The average molecular weight is 339 g/mol. The summed E-state index contributed by atoms with van der Waals surface area (Å²) in [6.45, 7) is 5.09. The molecule has 0 radical (unpaired) electrons. The third kappa shape index (κ3) is 3.32. The van der Waals surface area contributed by atoms with Crippen LogP contribution in [0.4, 0.5) is 0 Å². The number of rotatable bonds is 5. The molecule has 4 rings (SSSR count). The highest BCUT2D eigenvalue weighted by molar-refractivity contribution is 5.85. The zero-order valence-electron chi connectivity index (χ0n) is 14.8. The number of nitrogens with zero attached hydrogens (tertiary/aromatic N) is 3. The Morgan fingerprint density at radius 2 is 2.08 bits per heavy atom. The minimum atomic E-state index is 0.0957. The third-order valence-corrected chi connectivity index (χ3v) is 4.95. The first-order chi connectivity index (χ1) is 12.2. The molecule has 6 nitrogen and oxygen atoms in total. The van der Waals surface area contributed by atoms with Gasteiger partial charge in [-0.2, -0.15) is 0 Å². The topological polar surface area (TPSA) is 63.5 Å². The first-order valence-corrected chi connectivity index (χ1v) is 9.07. The summed E-state index contributed by atoms with van der Waals surface area (Å²) in [6.07, 6.45) is 4.93. The van der Waals surface area contributed by atoms with Gasteiger partial charge >= 0.3 is 0 Å². The van der Waals surface area contributed by atoms with Crippen LogP contribution in [0.1, 0.15) is 44.8 Å². The third-order valence-electron chi connectivity index (χ3n) is 4.95. The van der Waals surface area contributed by atoms with Crippen LogP contribution in [0.15, 0.2) is 41.8 Å². The quantitative estimate of drug-likeness (QED) is 0.879. The molecule has 2 aliphatic rings. The van der Waals surface area contributed by atoms with Gasteiger partial charge in [0, 0.05) is 18.0 Å². The van der Waals surface area contributed by atoms with E-state index in [1.54, 1.807) is 0 Å². The van der Waals surface area contributed by atoms with Crippen LogP contribution in [-0.4, -0.2) is 27.4 Å². The number of hydrogen-bond acceptors (Lipinski definition) is 5. The summed E-state index contributed by atoms with van der Waals surface area (Å²) in [5, 5.41) is 4.19. The Morgan fingerprint density at radius 3 is 2.76 bits per heavy atom. The lowest BCUT2D eigenvalue weighted by molar-refractivity contribution is 0.0716. The number of nitrogens with one attached hydrogen (secondary N) is 2. The Labute approximate surface area is 148 Å². The lowest BCUT2D eigenvalue weighted by atomic mass is 10.0. The molecule has 1 saturated heterocycles. The highest BCUT2D eigenvalue weighted by atomic mass is 16.6. The summed E-state index contributed by atoms with van der Waals surface area (Å²) in [6, 6.07) is 11.1. The Kier molecular flexibility index (Phi) is 4.55. The van der Waals surface area contributed by atoms with E-state index in [0.717, 1.165) is 42.8 Å². The number of oxime groups is 1. The van der Waals surface area contributed by atoms with Gasteiger partial charge in [-0.15, -0.1) is 0 Å². The van der Waals surface area contributed by atoms with Crippen LogP contribution in [-0.2, 0) is 11.4 Å². The molecule has 3 unspecified atom stereocenters. The molecular weight excluding hydrogens is 314 g/mol. The van der Waals surface area contributed by atoms with E-state index in [4.69, 9.17) is 9.82 Å². The molecule has 2 aromatic rings. The standard InChI is InChI=1S/C19H25N5O/c1-3-15-10-16(25-23-15)11-24-12-20-18(14-7-5-4-6-8-14)19(24)17-9-13(2)21-22-17/h4-8,12-13,16-17,21-22H,3,9-11H2,1-2H3. The Balaban J connectivity index is 1.64. The van der Waals surface area contributed by atoms with Gasteiger partial charge in [-0.1, -0.05) is 42.4 Å². The fourth-order valence-corrected chi connectivity index (χ4v) is 3.63. The van der Waals surface area contributed by atoms with Crippen molar-refractivity contribution in [3.8, 4) is 11.3 Å². The smallest absolute Gasteiger partial charge is 0.150 e. The molecule has 3 atom stereocenters.